The van der Waals surface area contributed by atoms with Crippen LogP contribution in [-0.2, 0) is 5.41 Å². The first-order valence-corrected chi connectivity index (χ1v) is 6.83. The lowest BCUT2D eigenvalue weighted by Crippen LogP contribution is -2.03. The SMILES string of the molecule is COc1cccc(-c2ccc(C3(C#N)CC3)cn2)c1OC. The van der Waals surface area contributed by atoms with Crippen molar-refractivity contribution in [3.8, 4) is 28.8 Å². The first-order valence-electron chi connectivity index (χ1n) is 6.83. The van der Waals surface area contributed by atoms with E-state index in [0.29, 0.717) is 11.5 Å². The van der Waals surface area contributed by atoms with E-state index in [4.69, 9.17) is 9.47 Å². The Bertz CT molecular complexity index is 698. The minimum absolute atomic E-state index is 0.302. The maximum Gasteiger partial charge on any atom is 0.170 e. The van der Waals surface area contributed by atoms with E-state index in [-0.39, 0.29) is 5.41 Å². The second-order valence-corrected chi connectivity index (χ2v) is 5.17. The Kier molecular flexibility index (Phi) is 3.26. The van der Waals surface area contributed by atoms with Gasteiger partial charge in [0, 0.05) is 11.8 Å². The van der Waals surface area contributed by atoms with Crippen LogP contribution in [0.5, 0.6) is 11.5 Å². The molecule has 0 radical (unpaired) electrons. The number of nitrogens with zero attached hydrogens (tertiary/aromatic N) is 2. The predicted molar refractivity (Wildman–Crippen MR) is 79.3 cm³/mol. The van der Waals surface area contributed by atoms with Gasteiger partial charge in [-0.2, -0.15) is 5.26 Å². The van der Waals surface area contributed by atoms with Crippen LogP contribution in [0.4, 0.5) is 0 Å². The van der Waals surface area contributed by atoms with Crippen molar-refractivity contribution in [2.75, 3.05) is 14.2 Å². The molecule has 0 atom stereocenters. The second kappa shape index (κ2) is 5.10. The number of benzene rings is 1. The third kappa shape index (κ3) is 2.21. The molecule has 3 rings (SSSR count). The van der Waals surface area contributed by atoms with E-state index in [1.54, 1.807) is 20.4 Å². The number of methoxy groups -OCH3 is 2. The molecule has 1 aromatic heterocycles. The Morgan fingerprint density at radius 3 is 2.48 bits per heavy atom. The molecule has 0 N–H and O–H groups in total. The van der Waals surface area contributed by atoms with Crippen molar-refractivity contribution in [3.63, 3.8) is 0 Å². The van der Waals surface area contributed by atoms with E-state index in [2.05, 4.69) is 11.1 Å². The molecule has 106 valence electrons. The minimum atomic E-state index is -0.302. The average molecular weight is 280 g/mol. The Hall–Kier alpha value is -2.54. The molecule has 0 spiro atoms. The van der Waals surface area contributed by atoms with Crippen molar-refractivity contribution in [1.29, 1.82) is 5.26 Å². The highest BCUT2D eigenvalue weighted by atomic mass is 16.5. The van der Waals surface area contributed by atoms with Crippen LogP contribution in [0.1, 0.15) is 18.4 Å². The number of para-hydroxylation sites is 1. The van der Waals surface area contributed by atoms with Crippen molar-refractivity contribution in [1.82, 2.24) is 4.98 Å². The molecule has 0 aliphatic heterocycles. The van der Waals surface area contributed by atoms with E-state index < -0.39 is 0 Å². The van der Waals surface area contributed by atoms with E-state index in [9.17, 15) is 5.26 Å². The molecule has 2 aromatic rings. The lowest BCUT2D eigenvalue weighted by molar-refractivity contribution is 0.356. The third-order valence-corrected chi connectivity index (χ3v) is 3.96. The minimum Gasteiger partial charge on any atom is -0.493 e. The summed E-state index contributed by atoms with van der Waals surface area (Å²) in [5.74, 6) is 1.35. The third-order valence-electron chi connectivity index (χ3n) is 3.96. The van der Waals surface area contributed by atoms with Crippen LogP contribution in [0.15, 0.2) is 36.5 Å². The van der Waals surface area contributed by atoms with Crippen molar-refractivity contribution in [3.05, 3.63) is 42.1 Å². The van der Waals surface area contributed by atoms with Gasteiger partial charge in [0.25, 0.3) is 0 Å². The molecule has 0 bridgehead atoms. The molecular formula is C17H16N2O2. The van der Waals surface area contributed by atoms with Crippen LogP contribution in [-0.4, -0.2) is 19.2 Å². The zero-order chi connectivity index (χ0) is 14.9. The fourth-order valence-electron chi connectivity index (χ4n) is 2.52. The number of nitriles is 1. The highest BCUT2D eigenvalue weighted by molar-refractivity contribution is 5.71. The second-order valence-electron chi connectivity index (χ2n) is 5.17. The van der Waals surface area contributed by atoms with Crippen molar-refractivity contribution >= 4 is 0 Å². The van der Waals surface area contributed by atoms with Gasteiger partial charge in [0.05, 0.1) is 31.4 Å². The van der Waals surface area contributed by atoms with Gasteiger partial charge in [-0.05, 0) is 36.6 Å². The lowest BCUT2D eigenvalue weighted by Gasteiger charge is -2.13. The molecule has 1 aliphatic rings. The zero-order valence-electron chi connectivity index (χ0n) is 12.1. The van der Waals surface area contributed by atoms with Crippen molar-refractivity contribution in [2.45, 2.75) is 18.3 Å². The molecule has 0 unspecified atom stereocenters. The van der Waals surface area contributed by atoms with E-state index >= 15 is 0 Å². The molecule has 1 fully saturated rings. The molecule has 21 heavy (non-hydrogen) atoms. The summed E-state index contributed by atoms with van der Waals surface area (Å²) in [6, 6.07) is 12.0. The molecule has 1 saturated carbocycles. The first kappa shape index (κ1) is 13.4. The Balaban J connectivity index is 2.00. The molecule has 1 aliphatic carbocycles. The number of hydrogen-bond acceptors (Lipinski definition) is 4. The van der Waals surface area contributed by atoms with E-state index in [0.717, 1.165) is 29.7 Å². The van der Waals surface area contributed by atoms with Crippen LogP contribution < -0.4 is 9.47 Å². The number of hydrogen-bond donors (Lipinski definition) is 0. The van der Waals surface area contributed by atoms with Crippen LogP contribution in [0.3, 0.4) is 0 Å². The van der Waals surface area contributed by atoms with E-state index in [1.807, 2.05) is 30.3 Å². The van der Waals surface area contributed by atoms with Gasteiger partial charge < -0.3 is 9.47 Å². The summed E-state index contributed by atoms with van der Waals surface area (Å²) >= 11 is 0. The average Bonchev–Trinajstić information content (AvgIpc) is 3.35. The van der Waals surface area contributed by atoms with Gasteiger partial charge >= 0.3 is 0 Å². The van der Waals surface area contributed by atoms with Gasteiger partial charge in [0.2, 0.25) is 0 Å². The van der Waals surface area contributed by atoms with Gasteiger partial charge in [-0.1, -0.05) is 12.1 Å². The van der Waals surface area contributed by atoms with Crippen LogP contribution in [0.2, 0.25) is 0 Å². The summed E-state index contributed by atoms with van der Waals surface area (Å²) < 4.78 is 10.7. The van der Waals surface area contributed by atoms with Crippen LogP contribution in [0, 0.1) is 11.3 Å². The normalized spacial score (nSPS) is 15.1. The summed E-state index contributed by atoms with van der Waals surface area (Å²) in [7, 11) is 3.23. The number of aromatic nitrogens is 1. The fraction of sp³-hybridized carbons (Fsp3) is 0.294. The van der Waals surface area contributed by atoms with Crippen molar-refractivity contribution < 1.29 is 9.47 Å². The molecule has 1 aromatic carbocycles. The molecule has 4 heteroatoms. The maximum atomic E-state index is 9.23. The Morgan fingerprint density at radius 1 is 1.14 bits per heavy atom. The monoisotopic (exact) mass is 280 g/mol. The zero-order valence-corrected chi connectivity index (χ0v) is 12.1. The maximum absolute atomic E-state index is 9.23. The Morgan fingerprint density at radius 2 is 1.95 bits per heavy atom. The van der Waals surface area contributed by atoms with E-state index in [1.165, 1.54) is 0 Å². The molecule has 1 heterocycles. The fourth-order valence-corrected chi connectivity index (χ4v) is 2.52. The summed E-state index contributed by atoms with van der Waals surface area (Å²) in [6.45, 7) is 0. The predicted octanol–water partition coefficient (Wildman–Crippen LogP) is 3.32. The first-order chi connectivity index (χ1) is 10.2. The number of ether oxygens (including phenoxy) is 2. The topological polar surface area (TPSA) is 55.1 Å². The van der Waals surface area contributed by atoms with Gasteiger partial charge in [-0.3, -0.25) is 4.98 Å². The number of rotatable bonds is 4. The lowest BCUT2D eigenvalue weighted by atomic mass is 9.99. The summed E-state index contributed by atoms with van der Waals surface area (Å²) in [5, 5.41) is 9.23. The molecule has 0 amide bonds. The van der Waals surface area contributed by atoms with Gasteiger partial charge in [0.1, 0.15) is 0 Å². The summed E-state index contributed by atoms with van der Waals surface area (Å²) in [4.78, 5) is 4.50. The largest absolute Gasteiger partial charge is 0.493 e. The number of pyridine rings is 1. The van der Waals surface area contributed by atoms with Gasteiger partial charge in [0.15, 0.2) is 11.5 Å². The molecule has 4 nitrogen and oxygen atoms in total. The van der Waals surface area contributed by atoms with Crippen LogP contribution >= 0.6 is 0 Å². The smallest absolute Gasteiger partial charge is 0.170 e. The summed E-state index contributed by atoms with van der Waals surface area (Å²) in [6.07, 6.45) is 3.64. The quantitative estimate of drug-likeness (QED) is 0.862. The standard InChI is InChI=1S/C17H16N2O2/c1-20-15-5-3-4-13(16(15)21-2)14-7-6-12(10-19-14)17(11-18)8-9-17/h3-7,10H,8-9H2,1-2H3. The van der Waals surface area contributed by atoms with Crippen LogP contribution in [0.25, 0.3) is 11.3 Å². The Labute approximate surface area is 124 Å². The highest BCUT2D eigenvalue weighted by Crippen LogP contribution is 2.47. The summed E-state index contributed by atoms with van der Waals surface area (Å²) in [5.41, 5.74) is 2.38. The molecule has 0 saturated heterocycles. The van der Waals surface area contributed by atoms with Gasteiger partial charge in [-0.15, -0.1) is 0 Å². The van der Waals surface area contributed by atoms with Crippen molar-refractivity contribution in [2.24, 2.45) is 0 Å². The molecular weight excluding hydrogens is 264 g/mol. The van der Waals surface area contributed by atoms with Gasteiger partial charge in [-0.25, -0.2) is 0 Å². The highest BCUT2D eigenvalue weighted by Gasteiger charge is 2.45.